The summed E-state index contributed by atoms with van der Waals surface area (Å²) in [5, 5.41) is 0. The molecule has 0 aliphatic carbocycles. The van der Waals surface area contributed by atoms with Crippen molar-refractivity contribution in [2.75, 3.05) is 13.1 Å². The van der Waals surface area contributed by atoms with E-state index in [4.69, 9.17) is 0 Å². The quantitative estimate of drug-likeness (QED) is 0.521. The van der Waals surface area contributed by atoms with Gasteiger partial charge in [-0.15, -0.1) is 0 Å². The van der Waals surface area contributed by atoms with Gasteiger partial charge >= 0.3 is 82.2 Å². The summed E-state index contributed by atoms with van der Waals surface area (Å²) in [7, 11) is 0. The topological polar surface area (TPSA) is 3.24 Å². The van der Waals surface area contributed by atoms with E-state index in [1.54, 1.807) is 0 Å². The summed E-state index contributed by atoms with van der Waals surface area (Å²) in [4.78, 5) is 2.37. The van der Waals surface area contributed by atoms with Crippen molar-refractivity contribution >= 4 is 20.1 Å². The Kier molecular flexibility index (Phi) is 3.77. The van der Waals surface area contributed by atoms with Gasteiger partial charge in [-0.3, -0.25) is 0 Å². The average molecular weight is 228 g/mol. The maximum absolute atomic E-state index is 4.01. The molecule has 0 radical (unpaired) electrons. The first-order valence-corrected chi connectivity index (χ1v) is 5.19. The summed E-state index contributed by atoms with van der Waals surface area (Å²) in [5.41, 5.74) is 1.16. The Morgan fingerprint density at radius 1 is 1.42 bits per heavy atom. The summed E-state index contributed by atoms with van der Waals surface area (Å²) in [6.07, 6.45) is 5.41. The molecule has 0 aromatic carbocycles. The summed E-state index contributed by atoms with van der Waals surface area (Å²) >= 11 is 3.10. The van der Waals surface area contributed by atoms with E-state index in [1.807, 2.05) is 6.08 Å². The first-order chi connectivity index (χ1) is 5.75. The molecule has 1 nitrogen and oxygen atoms in total. The van der Waals surface area contributed by atoms with Crippen LogP contribution in [-0.2, 0) is 0 Å². The number of allylic oxidation sites excluding steroid dienone is 1. The van der Waals surface area contributed by atoms with Crippen LogP contribution in [0, 0.1) is 0 Å². The molecule has 0 N–H and O–H groups in total. The Bertz CT molecular complexity index is 202. The molecule has 0 spiro atoms. The number of hydrogen-bond acceptors (Lipinski definition) is 1. The monoisotopic (exact) mass is 229 g/mol. The van der Waals surface area contributed by atoms with Gasteiger partial charge in [-0.1, -0.05) is 0 Å². The molecule has 1 saturated heterocycles. The van der Waals surface area contributed by atoms with Gasteiger partial charge in [0.1, 0.15) is 0 Å². The van der Waals surface area contributed by atoms with E-state index < -0.39 is 0 Å². The minimum absolute atomic E-state index is 0.888. The summed E-state index contributed by atoms with van der Waals surface area (Å²) < 4.78 is 1.23. The van der Waals surface area contributed by atoms with Crippen LogP contribution in [0.3, 0.4) is 0 Å². The Hall–Kier alpha value is -0.331. The van der Waals surface area contributed by atoms with E-state index in [-0.39, 0.29) is 0 Å². The molecule has 1 aliphatic heterocycles. The molecular formula is C10H15NSe. The van der Waals surface area contributed by atoms with Crippen molar-refractivity contribution in [3.8, 4) is 0 Å². The van der Waals surface area contributed by atoms with Crippen LogP contribution < -0.4 is 0 Å². The van der Waals surface area contributed by atoms with Crippen LogP contribution in [0.25, 0.3) is 0 Å². The summed E-state index contributed by atoms with van der Waals surface area (Å²) in [5.74, 6) is 0. The van der Waals surface area contributed by atoms with Crippen molar-refractivity contribution in [2.45, 2.75) is 19.3 Å². The van der Waals surface area contributed by atoms with E-state index in [1.165, 1.54) is 30.5 Å². The molecule has 1 aliphatic rings. The predicted molar refractivity (Wildman–Crippen MR) is 55.5 cm³/mol. The third-order valence-electron chi connectivity index (χ3n) is 2.09. The van der Waals surface area contributed by atoms with E-state index in [2.05, 4.69) is 33.6 Å². The minimum atomic E-state index is 0.888. The first kappa shape index (κ1) is 9.76. The van der Waals surface area contributed by atoms with Crippen molar-refractivity contribution in [1.82, 2.24) is 4.90 Å². The normalized spacial score (nSPS) is 16.2. The van der Waals surface area contributed by atoms with Gasteiger partial charge < -0.3 is 0 Å². The molecule has 2 heteroatoms. The standard InChI is InChI=1S/C10H15NSe/c1-3-6-9(2)10(12)11-7-4-5-8-11/h3H,1-2,4-8H2. The Labute approximate surface area is 82.5 Å². The van der Waals surface area contributed by atoms with Gasteiger partial charge in [-0.25, -0.2) is 0 Å². The van der Waals surface area contributed by atoms with E-state index in [0.29, 0.717) is 0 Å². The van der Waals surface area contributed by atoms with Crippen LogP contribution in [0.5, 0.6) is 0 Å². The summed E-state index contributed by atoms with van der Waals surface area (Å²) in [6.45, 7) is 10.1. The molecule has 66 valence electrons. The van der Waals surface area contributed by atoms with Crippen LogP contribution in [0.1, 0.15) is 19.3 Å². The Morgan fingerprint density at radius 3 is 2.50 bits per heavy atom. The van der Waals surface area contributed by atoms with Crippen LogP contribution in [0.15, 0.2) is 24.8 Å². The maximum atomic E-state index is 4.01. The van der Waals surface area contributed by atoms with Gasteiger partial charge in [0.2, 0.25) is 0 Å². The van der Waals surface area contributed by atoms with Gasteiger partial charge in [0, 0.05) is 0 Å². The number of nitrogens with zero attached hydrogens (tertiary/aromatic N) is 1. The van der Waals surface area contributed by atoms with Crippen LogP contribution in [0.4, 0.5) is 0 Å². The van der Waals surface area contributed by atoms with Gasteiger partial charge in [0.05, 0.1) is 0 Å². The fourth-order valence-corrected chi connectivity index (χ4v) is 1.96. The zero-order valence-electron chi connectivity index (χ0n) is 7.38. The first-order valence-electron chi connectivity index (χ1n) is 4.33. The van der Waals surface area contributed by atoms with Crippen molar-refractivity contribution in [3.63, 3.8) is 0 Å². The molecule has 0 atom stereocenters. The zero-order chi connectivity index (χ0) is 8.97. The van der Waals surface area contributed by atoms with E-state index in [0.717, 1.165) is 12.0 Å². The van der Waals surface area contributed by atoms with Gasteiger partial charge in [-0.2, -0.15) is 0 Å². The van der Waals surface area contributed by atoms with Crippen LogP contribution in [-0.4, -0.2) is 38.1 Å². The molecule has 1 rings (SSSR count). The van der Waals surface area contributed by atoms with E-state index >= 15 is 0 Å². The molecule has 1 fully saturated rings. The fraction of sp³-hybridized carbons (Fsp3) is 0.500. The van der Waals surface area contributed by atoms with E-state index in [9.17, 15) is 0 Å². The molecule has 0 bridgehead atoms. The van der Waals surface area contributed by atoms with Crippen molar-refractivity contribution < 1.29 is 0 Å². The number of likely N-dealkylation sites (tertiary alicyclic amines) is 1. The molecule has 0 amide bonds. The number of rotatable bonds is 4. The molecule has 0 aromatic rings. The second kappa shape index (κ2) is 4.64. The Morgan fingerprint density at radius 2 is 2.00 bits per heavy atom. The summed E-state index contributed by atoms with van der Waals surface area (Å²) in [6, 6.07) is 0. The third-order valence-corrected chi connectivity index (χ3v) is 3.23. The fourth-order valence-electron chi connectivity index (χ4n) is 1.41. The molecule has 0 aromatic heterocycles. The van der Waals surface area contributed by atoms with Gasteiger partial charge in [-0.05, 0) is 0 Å². The van der Waals surface area contributed by atoms with Gasteiger partial charge in [0.25, 0.3) is 0 Å². The van der Waals surface area contributed by atoms with Gasteiger partial charge in [0.15, 0.2) is 0 Å². The molecule has 0 saturated carbocycles. The molecule has 12 heavy (non-hydrogen) atoms. The SMILES string of the molecule is C=CCC(=C)C(=[Se])N1CCCC1. The van der Waals surface area contributed by atoms with Crippen LogP contribution in [0.2, 0.25) is 0 Å². The predicted octanol–water partition coefficient (Wildman–Crippen LogP) is 1.51. The zero-order valence-corrected chi connectivity index (χ0v) is 9.10. The van der Waals surface area contributed by atoms with Crippen molar-refractivity contribution in [1.29, 1.82) is 0 Å². The second-order valence-electron chi connectivity index (χ2n) is 3.10. The molecule has 1 heterocycles. The van der Waals surface area contributed by atoms with Crippen LogP contribution >= 0.6 is 0 Å². The Balaban J connectivity index is 2.45. The number of hydrogen-bond donors (Lipinski definition) is 0. The molecule has 0 unspecified atom stereocenters. The average Bonchev–Trinajstić information content (AvgIpc) is 2.55. The second-order valence-corrected chi connectivity index (χ2v) is 3.91. The van der Waals surface area contributed by atoms with Crippen molar-refractivity contribution in [3.05, 3.63) is 24.8 Å². The third kappa shape index (κ3) is 2.33. The molecular weight excluding hydrogens is 213 g/mol. The van der Waals surface area contributed by atoms with Crippen molar-refractivity contribution in [2.24, 2.45) is 0 Å².